The van der Waals surface area contributed by atoms with E-state index in [0.29, 0.717) is 38.3 Å². The first-order valence-corrected chi connectivity index (χ1v) is 12.6. The molecule has 12 heteroatoms. The normalized spacial score (nSPS) is 12.8. The van der Waals surface area contributed by atoms with Crippen molar-refractivity contribution in [3.05, 3.63) is 75.5 Å². The Labute approximate surface area is 204 Å². The molecular formula is C22H19Cl2F2N5O2S. The Hall–Kier alpha value is -2.79. The van der Waals surface area contributed by atoms with Crippen molar-refractivity contribution in [3.63, 3.8) is 0 Å². The molecule has 0 saturated heterocycles. The summed E-state index contributed by atoms with van der Waals surface area (Å²) in [4.78, 5) is 4.39. The van der Waals surface area contributed by atoms with Crippen LogP contribution in [-0.4, -0.2) is 29.4 Å². The molecule has 7 nitrogen and oxygen atoms in total. The molecule has 0 bridgehead atoms. The molecule has 0 fully saturated rings. The predicted octanol–water partition coefficient (Wildman–Crippen LogP) is 4.83. The molecule has 0 saturated carbocycles. The molecule has 2 aromatic heterocycles. The molecule has 3 N–H and O–H groups in total. The van der Waals surface area contributed by atoms with E-state index in [2.05, 4.69) is 14.8 Å². The Kier molecular flexibility index (Phi) is 6.52. The number of rotatable bonds is 6. The number of pyridine rings is 1. The number of benzene rings is 2. The summed E-state index contributed by atoms with van der Waals surface area (Å²) in [6, 6.07) is 9.09. The van der Waals surface area contributed by atoms with Gasteiger partial charge in [0, 0.05) is 24.2 Å². The average Bonchev–Trinajstić information content (AvgIpc) is 3.03. The fourth-order valence-corrected chi connectivity index (χ4v) is 4.77. The lowest BCUT2D eigenvalue weighted by Gasteiger charge is -2.17. The fourth-order valence-electron chi connectivity index (χ4n) is 3.88. The number of nitrogens with one attached hydrogen (secondary N) is 1. The third-order valence-electron chi connectivity index (χ3n) is 5.13. The van der Waals surface area contributed by atoms with Crippen LogP contribution in [0.1, 0.15) is 17.3 Å². The van der Waals surface area contributed by atoms with Crippen molar-refractivity contribution < 1.29 is 17.2 Å². The minimum atomic E-state index is -3.61. The quantitative estimate of drug-likeness (QED) is 0.351. The number of nitrogens with two attached hydrogens (primary N) is 1. The summed E-state index contributed by atoms with van der Waals surface area (Å²) in [6.45, 7) is 0. The van der Waals surface area contributed by atoms with Gasteiger partial charge in [-0.3, -0.25) is 9.40 Å². The Morgan fingerprint density at radius 1 is 1.09 bits per heavy atom. The van der Waals surface area contributed by atoms with Crippen LogP contribution in [0.25, 0.3) is 22.0 Å². The zero-order chi connectivity index (χ0) is 24.8. The van der Waals surface area contributed by atoms with E-state index in [1.54, 1.807) is 31.3 Å². The fraction of sp³-hybridized carbons (Fsp3) is 0.182. The van der Waals surface area contributed by atoms with E-state index in [0.717, 1.165) is 12.3 Å². The molecule has 34 heavy (non-hydrogen) atoms. The second kappa shape index (κ2) is 9.10. The van der Waals surface area contributed by atoms with Crippen LogP contribution in [-0.2, 0) is 23.5 Å². The molecule has 0 aliphatic heterocycles. The Balaban J connectivity index is 1.87. The van der Waals surface area contributed by atoms with E-state index in [9.17, 15) is 17.2 Å². The molecule has 0 spiro atoms. The summed E-state index contributed by atoms with van der Waals surface area (Å²) in [5.41, 5.74) is 8.92. The molecule has 2 aromatic carbocycles. The van der Waals surface area contributed by atoms with Crippen LogP contribution in [0.2, 0.25) is 10.2 Å². The first kappa shape index (κ1) is 24.3. The van der Waals surface area contributed by atoms with E-state index in [1.807, 2.05) is 0 Å². The van der Waals surface area contributed by atoms with Crippen molar-refractivity contribution >= 4 is 49.9 Å². The molecule has 0 aliphatic carbocycles. The van der Waals surface area contributed by atoms with Crippen LogP contribution in [0.3, 0.4) is 0 Å². The summed E-state index contributed by atoms with van der Waals surface area (Å²) in [6.07, 6.45) is 1.11. The number of fused-ring (bicyclic) bond motifs is 1. The zero-order valence-electron chi connectivity index (χ0n) is 18.0. The molecule has 178 valence electrons. The Morgan fingerprint density at radius 2 is 1.74 bits per heavy atom. The van der Waals surface area contributed by atoms with Gasteiger partial charge in [0.2, 0.25) is 10.0 Å². The third kappa shape index (κ3) is 5.00. The number of sulfonamides is 1. The SMILES string of the molecule is Cn1nc(NS(C)(=O)=O)c2c(Cl)ccc(-c3ccc(Cl)nc3C(N)Cc3cc(F)cc(F)c3)c21. The third-order valence-corrected chi connectivity index (χ3v) is 6.22. The molecule has 0 amide bonds. The first-order chi connectivity index (χ1) is 15.9. The van der Waals surface area contributed by atoms with E-state index in [1.165, 1.54) is 16.8 Å². The van der Waals surface area contributed by atoms with E-state index >= 15 is 0 Å². The average molecular weight is 526 g/mol. The van der Waals surface area contributed by atoms with Crippen LogP contribution in [0, 0.1) is 11.6 Å². The summed E-state index contributed by atoms with van der Waals surface area (Å²) in [5.74, 6) is -1.33. The van der Waals surface area contributed by atoms with E-state index in [4.69, 9.17) is 28.9 Å². The van der Waals surface area contributed by atoms with Gasteiger partial charge in [-0.05, 0) is 42.3 Å². The number of nitrogens with zero attached hydrogens (tertiary/aromatic N) is 3. The summed E-state index contributed by atoms with van der Waals surface area (Å²) >= 11 is 12.6. The number of anilines is 1. The van der Waals surface area contributed by atoms with Gasteiger partial charge < -0.3 is 5.73 Å². The highest BCUT2D eigenvalue weighted by atomic mass is 35.5. The lowest BCUT2D eigenvalue weighted by Crippen LogP contribution is -2.17. The van der Waals surface area contributed by atoms with E-state index in [-0.39, 0.29) is 17.4 Å². The van der Waals surface area contributed by atoms with Crippen LogP contribution in [0.15, 0.2) is 42.5 Å². The molecule has 0 radical (unpaired) electrons. The van der Waals surface area contributed by atoms with Gasteiger partial charge in [0.1, 0.15) is 16.8 Å². The number of halogens is 4. The van der Waals surface area contributed by atoms with Crippen LogP contribution in [0.5, 0.6) is 0 Å². The van der Waals surface area contributed by atoms with Gasteiger partial charge in [-0.2, -0.15) is 5.10 Å². The first-order valence-electron chi connectivity index (χ1n) is 9.93. The van der Waals surface area contributed by atoms with Crippen LogP contribution in [0.4, 0.5) is 14.6 Å². The maximum Gasteiger partial charge on any atom is 0.231 e. The Bertz CT molecular complexity index is 1510. The van der Waals surface area contributed by atoms with Crippen molar-refractivity contribution in [2.24, 2.45) is 12.8 Å². The van der Waals surface area contributed by atoms with Gasteiger partial charge in [0.25, 0.3) is 0 Å². The maximum atomic E-state index is 13.7. The molecule has 2 heterocycles. The van der Waals surface area contributed by atoms with Gasteiger partial charge in [0.05, 0.1) is 33.9 Å². The molecule has 1 unspecified atom stereocenters. The monoisotopic (exact) mass is 525 g/mol. The summed E-state index contributed by atoms with van der Waals surface area (Å²) in [5, 5.41) is 5.16. The van der Waals surface area contributed by atoms with Crippen LogP contribution >= 0.6 is 23.2 Å². The van der Waals surface area contributed by atoms with E-state index < -0.39 is 27.7 Å². The molecule has 4 rings (SSSR count). The van der Waals surface area contributed by atoms with Crippen molar-refractivity contribution in [2.75, 3.05) is 11.0 Å². The van der Waals surface area contributed by atoms with Gasteiger partial charge >= 0.3 is 0 Å². The molecular weight excluding hydrogens is 507 g/mol. The number of hydrogen-bond acceptors (Lipinski definition) is 5. The highest BCUT2D eigenvalue weighted by Crippen LogP contribution is 2.39. The molecule has 1 atom stereocenters. The minimum absolute atomic E-state index is 0.0786. The standard InChI is InChI=1S/C22H19Cl2F2N5O2S/c1-31-21-15(3-5-16(23)19(21)22(29-31)30-34(2,32)33)14-4-6-18(24)28-20(14)17(27)9-11-7-12(25)10-13(26)8-11/h3-8,10,17H,9,27H2,1-2H3,(H,29,30). The highest BCUT2D eigenvalue weighted by molar-refractivity contribution is 7.92. The summed E-state index contributed by atoms with van der Waals surface area (Å²) in [7, 11) is -1.97. The number of aryl methyl sites for hydroxylation is 1. The van der Waals surface area contributed by atoms with Gasteiger partial charge in [-0.15, -0.1) is 0 Å². The lowest BCUT2D eigenvalue weighted by atomic mass is 9.95. The zero-order valence-corrected chi connectivity index (χ0v) is 20.3. The van der Waals surface area contributed by atoms with Gasteiger partial charge in [0.15, 0.2) is 5.82 Å². The smallest absolute Gasteiger partial charge is 0.231 e. The topological polar surface area (TPSA) is 103 Å². The minimum Gasteiger partial charge on any atom is -0.322 e. The van der Waals surface area contributed by atoms with Crippen molar-refractivity contribution in [1.29, 1.82) is 0 Å². The van der Waals surface area contributed by atoms with Crippen LogP contribution < -0.4 is 10.5 Å². The van der Waals surface area contributed by atoms with Gasteiger partial charge in [-0.1, -0.05) is 29.3 Å². The van der Waals surface area contributed by atoms with Crippen molar-refractivity contribution in [2.45, 2.75) is 12.5 Å². The van der Waals surface area contributed by atoms with Crippen molar-refractivity contribution in [1.82, 2.24) is 14.8 Å². The second-order valence-electron chi connectivity index (χ2n) is 7.82. The van der Waals surface area contributed by atoms with Crippen molar-refractivity contribution in [3.8, 4) is 11.1 Å². The number of aromatic nitrogens is 3. The molecule has 0 aliphatic rings. The maximum absolute atomic E-state index is 13.7. The number of hydrogen-bond donors (Lipinski definition) is 2. The molecule has 4 aromatic rings. The van der Waals surface area contributed by atoms with Gasteiger partial charge in [-0.25, -0.2) is 22.2 Å². The largest absolute Gasteiger partial charge is 0.322 e. The second-order valence-corrected chi connectivity index (χ2v) is 10.4. The lowest BCUT2D eigenvalue weighted by molar-refractivity contribution is 0.575. The Morgan fingerprint density at radius 3 is 2.38 bits per heavy atom. The summed E-state index contributed by atoms with van der Waals surface area (Å²) < 4.78 is 54.9. The highest BCUT2D eigenvalue weighted by Gasteiger charge is 2.23. The predicted molar refractivity (Wildman–Crippen MR) is 129 cm³/mol.